The van der Waals surface area contributed by atoms with Gasteiger partial charge in [0.05, 0.1) is 0 Å². The van der Waals surface area contributed by atoms with E-state index >= 15 is 0 Å². The number of hydrogen-bond donors (Lipinski definition) is 1. The smallest absolute Gasteiger partial charge is 0.0182 e. The second-order valence-corrected chi connectivity index (χ2v) is 5.10. The van der Waals surface area contributed by atoms with Crippen molar-refractivity contribution in [2.75, 3.05) is 0 Å². The molecule has 0 radical (unpaired) electrons. The second kappa shape index (κ2) is 5.16. The van der Waals surface area contributed by atoms with Gasteiger partial charge in [0, 0.05) is 5.54 Å². The van der Waals surface area contributed by atoms with Crippen molar-refractivity contribution in [2.24, 2.45) is 17.6 Å². The maximum atomic E-state index is 6.54. The Morgan fingerprint density at radius 2 is 1.64 bits per heavy atom. The van der Waals surface area contributed by atoms with E-state index in [-0.39, 0.29) is 5.54 Å². The van der Waals surface area contributed by atoms with Gasteiger partial charge in [-0.2, -0.15) is 0 Å². The molecule has 1 heteroatoms. The lowest BCUT2D eigenvalue weighted by molar-refractivity contribution is 0.151. The number of hydrogen-bond acceptors (Lipinski definition) is 1. The second-order valence-electron chi connectivity index (χ2n) is 5.10. The highest BCUT2D eigenvalue weighted by Gasteiger charge is 2.36. The lowest BCUT2D eigenvalue weighted by Crippen LogP contribution is -2.49. The molecule has 0 aromatic rings. The van der Waals surface area contributed by atoms with Gasteiger partial charge in [-0.05, 0) is 37.5 Å². The van der Waals surface area contributed by atoms with Crippen LogP contribution in [0.15, 0.2) is 0 Å². The molecule has 0 heterocycles. The third-order valence-corrected chi connectivity index (χ3v) is 4.41. The normalized spacial score (nSPS) is 33.6. The molecule has 1 rings (SSSR count). The Hall–Kier alpha value is -0.0400. The maximum Gasteiger partial charge on any atom is 0.0182 e. The van der Waals surface area contributed by atoms with Crippen LogP contribution in [0, 0.1) is 11.8 Å². The molecule has 0 saturated heterocycles. The van der Waals surface area contributed by atoms with E-state index in [4.69, 9.17) is 5.73 Å². The van der Waals surface area contributed by atoms with Crippen LogP contribution in [-0.2, 0) is 0 Å². The van der Waals surface area contributed by atoms with Crippen LogP contribution in [0.25, 0.3) is 0 Å². The first-order chi connectivity index (χ1) is 6.66. The summed E-state index contributed by atoms with van der Waals surface area (Å²) in [5.74, 6) is 1.71. The number of nitrogens with two attached hydrogens (primary N) is 1. The van der Waals surface area contributed by atoms with Crippen LogP contribution in [0.3, 0.4) is 0 Å². The first kappa shape index (κ1) is 12.0. The summed E-state index contributed by atoms with van der Waals surface area (Å²) in [4.78, 5) is 0. The summed E-state index contributed by atoms with van der Waals surface area (Å²) in [5, 5.41) is 0. The van der Waals surface area contributed by atoms with Gasteiger partial charge in [-0.1, -0.05) is 40.0 Å². The van der Waals surface area contributed by atoms with Crippen LogP contribution in [0.5, 0.6) is 0 Å². The van der Waals surface area contributed by atoms with Gasteiger partial charge in [-0.25, -0.2) is 0 Å². The molecule has 0 amide bonds. The van der Waals surface area contributed by atoms with Crippen LogP contribution in [0.2, 0.25) is 0 Å². The highest BCUT2D eigenvalue weighted by atomic mass is 14.8. The molecular weight excluding hydrogens is 170 g/mol. The van der Waals surface area contributed by atoms with E-state index in [0.29, 0.717) is 0 Å². The van der Waals surface area contributed by atoms with E-state index in [0.717, 1.165) is 11.8 Å². The molecule has 2 N–H and O–H groups in total. The molecule has 0 unspecified atom stereocenters. The predicted molar refractivity (Wildman–Crippen MR) is 63.2 cm³/mol. The molecule has 1 fully saturated rings. The minimum Gasteiger partial charge on any atom is -0.325 e. The van der Waals surface area contributed by atoms with Crippen molar-refractivity contribution in [2.45, 2.75) is 71.3 Å². The highest BCUT2D eigenvalue weighted by molar-refractivity contribution is 4.94. The monoisotopic (exact) mass is 197 g/mol. The highest BCUT2D eigenvalue weighted by Crippen LogP contribution is 2.38. The van der Waals surface area contributed by atoms with Crippen LogP contribution in [0.4, 0.5) is 0 Å². The van der Waals surface area contributed by atoms with Crippen molar-refractivity contribution < 1.29 is 0 Å². The fraction of sp³-hybridized carbons (Fsp3) is 1.00. The largest absolute Gasteiger partial charge is 0.325 e. The maximum absolute atomic E-state index is 6.54. The Bertz CT molecular complexity index is 153. The van der Waals surface area contributed by atoms with Gasteiger partial charge in [-0.3, -0.25) is 0 Å². The summed E-state index contributed by atoms with van der Waals surface area (Å²) in [6.45, 7) is 6.88. The lowest BCUT2D eigenvalue weighted by atomic mass is 9.68. The van der Waals surface area contributed by atoms with Gasteiger partial charge >= 0.3 is 0 Å². The zero-order valence-electron chi connectivity index (χ0n) is 10.2. The standard InChI is InChI=1S/C13H27N/c1-4-11-7-9-13(14,10-8-11)12(5-2)6-3/h11-12H,4-10,14H2,1-3H3. The van der Waals surface area contributed by atoms with Gasteiger partial charge in [0.25, 0.3) is 0 Å². The van der Waals surface area contributed by atoms with Crippen molar-refractivity contribution >= 4 is 0 Å². The summed E-state index contributed by atoms with van der Waals surface area (Å²) < 4.78 is 0. The summed E-state index contributed by atoms with van der Waals surface area (Å²) in [6.07, 6.45) is 9.11. The Morgan fingerprint density at radius 1 is 1.14 bits per heavy atom. The zero-order valence-corrected chi connectivity index (χ0v) is 10.2. The molecule has 0 spiro atoms. The Balaban J connectivity index is 2.51. The first-order valence-electron chi connectivity index (χ1n) is 6.45. The zero-order chi connectivity index (χ0) is 10.6. The average Bonchev–Trinajstić information content (AvgIpc) is 2.20. The third-order valence-electron chi connectivity index (χ3n) is 4.41. The summed E-state index contributed by atoms with van der Waals surface area (Å²) in [6, 6.07) is 0. The quantitative estimate of drug-likeness (QED) is 0.730. The van der Waals surface area contributed by atoms with Gasteiger partial charge < -0.3 is 5.73 Å². The molecule has 1 saturated carbocycles. The van der Waals surface area contributed by atoms with E-state index in [1.165, 1.54) is 44.9 Å². The van der Waals surface area contributed by atoms with E-state index in [1.54, 1.807) is 0 Å². The molecule has 0 aromatic heterocycles. The summed E-state index contributed by atoms with van der Waals surface area (Å²) >= 11 is 0. The van der Waals surface area contributed by atoms with Crippen molar-refractivity contribution in [3.63, 3.8) is 0 Å². The molecule has 84 valence electrons. The van der Waals surface area contributed by atoms with E-state index in [9.17, 15) is 0 Å². The molecular formula is C13H27N. The molecule has 0 aliphatic heterocycles. The van der Waals surface area contributed by atoms with Crippen molar-refractivity contribution in [3.8, 4) is 0 Å². The Kier molecular flexibility index (Phi) is 4.43. The van der Waals surface area contributed by atoms with Crippen molar-refractivity contribution in [3.05, 3.63) is 0 Å². The fourth-order valence-corrected chi connectivity index (χ4v) is 3.13. The predicted octanol–water partition coefficient (Wildman–Crippen LogP) is 3.72. The molecule has 1 aliphatic carbocycles. The fourth-order valence-electron chi connectivity index (χ4n) is 3.13. The van der Waals surface area contributed by atoms with Gasteiger partial charge in [0.15, 0.2) is 0 Å². The van der Waals surface area contributed by atoms with E-state index < -0.39 is 0 Å². The van der Waals surface area contributed by atoms with Crippen LogP contribution in [-0.4, -0.2) is 5.54 Å². The van der Waals surface area contributed by atoms with Gasteiger partial charge in [0.2, 0.25) is 0 Å². The molecule has 0 aromatic carbocycles. The summed E-state index contributed by atoms with van der Waals surface area (Å²) in [7, 11) is 0. The van der Waals surface area contributed by atoms with Crippen molar-refractivity contribution in [1.82, 2.24) is 0 Å². The van der Waals surface area contributed by atoms with E-state index in [1.807, 2.05) is 0 Å². The summed E-state index contributed by atoms with van der Waals surface area (Å²) in [5.41, 5.74) is 6.72. The molecule has 1 aliphatic rings. The minimum absolute atomic E-state index is 0.176. The van der Waals surface area contributed by atoms with Crippen LogP contribution >= 0.6 is 0 Å². The SMILES string of the molecule is CCC1CCC(N)(C(CC)CC)CC1. The van der Waals surface area contributed by atoms with Gasteiger partial charge in [0.1, 0.15) is 0 Å². The molecule has 14 heavy (non-hydrogen) atoms. The average molecular weight is 197 g/mol. The molecule has 0 bridgehead atoms. The molecule has 0 atom stereocenters. The topological polar surface area (TPSA) is 26.0 Å². The van der Waals surface area contributed by atoms with E-state index in [2.05, 4.69) is 20.8 Å². The number of rotatable bonds is 4. The molecule has 1 nitrogen and oxygen atoms in total. The first-order valence-corrected chi connectivity index (χ1v) is 6.45. The lowest BCUT2D eigenvalue weighted by Gasteiger charge is -2.42. The third kappa shape index (κ3) is 2.50. The Morgan fingerprint density at radius 3 is 2.00 bits per heavy atom. The van der Waals surface area contributed by atoms with Gasteiger partial charge in [-0.15, -0.1) is 0 Å². The van der Waals surface area contributed by atoms with Crippen molar-refractivity contribution in [1.29, 1.82) is 0 Å². The minimum atomic E-state index is 0.176. The Labute approximate surface area is 89.5 Å². The van der Waals surface area contributed by atoms with Crippen LogP contribution < -0.4 is 5.73 Å². The van der Waals surface area contributed by atoms with Crippen LogP contribution in [0.1, 0.15) is 65.7 Å².